The van der Waals surface area contributed by atoms with Crippen molar-refractivity contribution >= 4 is 23.8 Å². The Balaban J connectivity index is 2.36. The molecule has 0 saturated carbocycles. The number of urea groups is 1. The first-order chi connectivity index (χ1) is 9.61. The minimum absolute atomic E-state index is 0.327. The normalized spacial score (nSPS) is 13.3. The van der Waals surface area contributed by atoms with Gasteiger partial charge in [-0.1, -0.05) is 12.1 Å². The summed E-state index contributed by atoms with van der Waals surface area (Å²) in [5.74, 6) is 0.155. The van der Waals surface area contributed by atoms with E-state index in [1.54, 1.807) is 31.2 Å². The number of ether oxygens (including phenoxy) is 2. The summed E-state index contributed by atoms with van der Waals surface area (Å²) in [6.07, 6.45) is 2.16. The third kappa shape index (κ3) is 3.09. The van der Waals surface area contributed by atoms with Crippen LogP contribution in [0.2, 0.25) is 0 Å². The summed E-state index contributed by atoms with van der Waals surface area (Å²) in [4.78, 5) is 22.8. The lowest BCUT2D eigenvalue weighted by atomic mass is 10.1. The van der Waals surface area contributed by atoms with Gasteiger partial charge in [0.25, 0.3) is 0 Å². The molecule has 2 amide bonds. The minimum Gasteiger partial charge on any atom is -0.490 e. The maximum absolute atomic E-state index is 11.8. The van der Waals surface area contributed by atoms with E-state index in [0.717, 1.165) is 0 Å². The number of carbonyl (C=O) groups excluding carboxylic acids is 2. The van der Waals surface area contributed by atoms with Crippen molar-refractivity contribution in [3.05, 3.63) is 29.3 Å². The molecule has 6 nitrogen and oxygen atoms in total. The zero-order valence-electron chi connectivity index (χ0n) is 11.1. The molecule has 0 aliphatic carbocycles. The number of fused-ring (bicyclic) bond motifs is 1. The molecule has 1 aliphatic heterocycles. The number of rotatable bonds is 3. The molecule has 2 rings (SSSR count). The van der Waals surface area contributed by atoms with Crippen LogP contribution in [0, 0.1) is 0 Å². The number of anilines is 1. The molecule has 1 aliphatic rings. The molecule has 20 heavy (non-hydrogen) atoms. The van der Waals surface area contributed by atoms with Crippen LogP contribution in [-0.2, 0) is 9.53 Å². The third-order valence-electron chi connectivity index (χ3n) is 2.79. The zero-order chi connectivity index (χ0) is 14.5. The van der Waals surface area contributed by atoms with Crippen molar-refractivity contribution < 1.29 is 19.1 Å². The van der Waals surface area contributed by atoms with E-state index in [9.17, 15) is 9.59 Å². The highest BCUT2D eigenvalue weighted by atomic mass is 16.5. The summed E-state index contributed by atoms with van der Waals surface area (Å²) in [5, 5.41) is 2.50. The van der Waals surface area contributed by atoms with E-state index in [2.05, 4.69) is 5.32 Å². The third-order valence-corrected chi connectivity index (χ3v) is 2.79. The highest BCUT2D eigenvalue weighted by Crippen LogP contribution is 2.33. The Kier molecular flexibility index (Phi) is 4.24. The second-order valence-corrected chi connectivity index (χ2v) is 4.20. The smallest absolute Gasteiger partial charge is 0.334 e. The molecule has 3 N–H and O–H groups in total. The molecule has 0 unspecified atom stereocenters. The molecule has 0 fully saturated rings. The Bertz CT molecular complexity index is 566. The Morgan fingerprint density at radius 3 is 2.95 bits per heavy atom. The Labute approximate surface area is 116 Å². The fourth-order valence-corrected chi connectivity index (χ4v) is 1.97. The summed E-state index contributed by atoms with van der Waals surface area (Å²) in [7, 11) is 0. The standard InChI is InChI=1S/C14H16N2O4/c1-2-19-13(17)10-6-7-20-12-9(8-10)4-3-5-11(12)16-14(15)18/h3-5,8H,2,6-7H2,1H3,(H3,15,16,18). The van der Waals surface area contributed by atoms with Crippen molar-refractivity contribution in [1.29, 1.82) is 0 Å². The molecular weight excluding hydrogens is 260 g/mol. The second kappa shape index (κ2) is 6.10. The molecule has 0 radical (unpaired) electrons. The lowest BCUT2D eigenvalue weighted by Gasteiger charge is -2.11. The monoisotopic (exact) mass is 276 g/mol. The Hall–Kier alpha value is -2.50. The van der Waals surface area contributed by atoms with Crippen LogP contribution in [0.15, 0.2) is 23.8 Å². The molecular formula is C14H16N2O4. The number of amides is 2. The maximum atomic E-state index is 11.8. The number of nitrogens with one attached hydrogen (secondary N) is 1. The molecule has 0 saturated heterocycles. The lowest BCUT2D eigenvalue weighted by Crippen LogP contribution is -2.20. The highest BCUT2D eigenvalue weighted by molar-refractivity contribution is 5.96. The first-order valence-corrected chi connectivity index (χ1v) is 6.31. The van der Waals surface area contributed by atoms with Gasteiger partial charge < -0.3 is 20.5 Å². The number of carbonyl (C=O) groups is 2. The van der Waals surface area contributed by atoms with Gasteiger partial charge in [0.1, 0.15) is 5.75 Å². The van der Waals surface area contributed by atoms with Gasteiger partial charge in [-0.25, -0.2) is 9.59 Å². The van der Waals surface area contributed by atoms with Crippen molar-refractivity contribution in [2.75, 3.05) is 18.5 Å². The van der Waals surface area contributed by atoms with Crippen LogP contribution < -0.4 is 15.8 Å². The summed E-state index contributed by atoms with van der Waals surface area (Å²) < 4.78 is 10.6. The van der Waals surface area contributed by atoms with Gasteiger partial charge >= 0.3 is 12.0 Å². The number of primary amides is 1. The van der Waals surface area contributed by atoms with Crippen LogP contribution in [0.5, 0.6) is 5.75 Å². The zero-order valence-corrected chi connectivity index (χ0v) is 11.1. The number of para-hydroxylation sites is 1. The first kappa shape index (κ1) is 13.9. The minimum atomic E-state index is -0.666. The topological polar surface area (TPSA) is 90.6 Å². The predicted molar refractivity (Wildman–Crippen MR) is 74.4 cm³/mol. The predicted octanol–water partition coefficient (Wildman–Crippen LogP) is 1.91. The van der Waals surface area contributed by atoms with Gasteiger partial charge in [0, 0.05) is 17.6 Å². The number of hydrogen-bond acceptors (Lipinski definition) is 4. The first-order valence-electron chi connectivity index (χ1n) is 6.31. The maximum Gasteiger partial charge on any atom is 0.334 e. The summed E-state index contributed by atoms with van der Waals surface area (Å²) in [6.45, 7) is 2.41. The lowest BCUT2D eigenvalue weighted by molar-refractivity contribution is -0.138. The van der Waals surface area contributed by atoms with Gasteiger partial charge in [0.05, 0.1) is 18.9 Å². The van der Waals surface area contributed by atoms with Gasteiger partial charge in [-0.2, -0.15) is 0 Å². The van der Waals surface area contributed by atoms with Crippen LogP contribution in [0.4, 0.5) is 10.5 Å². The molecule has 6 heteroatoms. The van der Waals surface area contributed by atoms with E-state index < -0.39 is 6.03 Å². The number of benzene rings is 1. The van der Waals surface area contributed by atoms with E-state index in [1.165, 1.54) is 0 Å². The highest BCUT2D eigenvalue weighted by Gasteiger charge is 2.18. The van der Waals surface area contributed by atoms with Crippen LogP contribution in [0.1, 0.15) is 18.9 Å². The van der Waals surface area contributed by atoms with Crippen LogP contribution in [-0.4, -0.2) is 25.2 Å². The van der Waals surface area contributed by atoms with Gasteiger partial charge in [0.15, 0.2) is 0 Å². The number of hydrogen-bond donors (Lipinski definition) is 2. The van der Waals surface area contributed by atoms with Crippen molar-refractivity contribution in [1.82, 2.24) is 0 Å². The fraction of sp³-hybridized carbons (Fsp3) is 0.286. The Morgan fingerprint density at radius 1 is 1.45 bits per heavy atom. The van der Waals surface area contributed by atoms with E-state index in [4.69, 9.17) is 15.2 Å². The molecule has 0 atom stereocenters. The second-order valence-electron chi connectivity index (χ2n) is 4.20. The van der Waals surface area contributed by atoms with Crippen molar-refractivity contribution in [2.24, 2.45) is 5.73 Å². The number of esters is 1. The Morgan fingerprint density at radius 2 is 2.25 bits per heavy atom. The fourth-order valence-electron chi connectivity index (χ4n) is 1.97. The molecule has 0 spiro atoms. The van der Waals surface area contributed by atoms with Crippen LogP contribution in [0.25, 0.3) is 6.08 Å². The molecule has 1 aromatic rings. The molecule has 0 bridgehead atoms. The van der Waals surface area contributed by atoms with Gasteiger partial charge in [-0.3, -0.25) is 0 Å². The largest absolute Gasteiger partial charge is 0.490 e. The van der Waals surface area contributed by atoms with E-state index >= 15 is 0 Å². The van der Waals surface area contributed by atoms with Gasteiger partial charge in [0.2, 0.25) is 0 Å². The summed E-state index contributed by atoms with van der Waals surface area (Å²) >= 11 is 0. The van der Waals surface area contributed by atoms with E-state index in [0.29, 0.717) is 42.2 Å². The molecule has 1 aromatic carbocycles. The quantitative estimate of drug-likeness (QED) is 0.825. The average Bonchev–Trinajstić information content (AvgIpc) is 2.61. The van der Waals surface area contributed by atoms with Crippen LogP contribution in [0.3, 0.4) is 0 Å². The molecule has 106 valence electrons. The van der Waals surface area contributed by atoms with Crippen molar-refractivity contribution in [2.45, 2.75) is 13.3 Å². The average molecular weight is 276 g/mol. The SMILES string of the molecule is CCOC(=O)C1=Cc2cccc(NC(N)=O)c2OCC1. The van der Waals surface area contributed by atoms with Crippen molar-refractivity contribution in [3.63, 3.8) is 0 Å². The van der Waals surface area contributed by atoms with Gasteiger partial charge in [-0.15, -0.1) is 0 Å². The molecule has 0 aromatic heterocycles. The van der Waals surface area contributed by atoms with Gasteiger partial charge in [-0.05, 0) is 19.1 Å². The molecule has 1 heterocycles. The van der Waals surface area contributed by atoms with Crippen LogP contribution >= 0.6 is 0 Å². The summed E-state index contributed by atoms with van der Waals surface area (Å²) in [5.41, 5.74) is 6.85. The summed E-state index contributed by atoms with van der Waals surface area (Å²) in [6, 6.07) is 4.57. The number of nitrogens with two attached hydrogens (primary N) is 1. The van der Waals surface area contributed by atoms with Crippen molar-refractivity contribution in [3.8, 4) is 5.75 Å². The van der Waals surface area contributed by atoms with E-state index in [-0.39, 0.29) is 5.97 Å². The van der Waals surface area contributed by atoms with E-state index in [1.807, 2.05) is 0 Å².